The lowest BCUT2D eigenvalue weighted by molar-refractivity contribution is -0.126. The molecule has 0 aliphatic carbocycles. The standard InChI is InChI=1S/C17H21N5O4/c1-10(2)26-13-5-3-12(4-6-13)22-9-11(7-15(22)23)16(24)18-8-14-19-17(25)21-20-14/h3-6,10-11H,7-9H2,1-2H3,(H,18,24)(H2,19,20,21,25). The fourth-order valence-electron chi connectivity index (χ4n) is 2.81. The topological polar surface area (TPSA) is 120 Å². The Morgan fingerprint density at radius 2 is 2.08 bits per heavy atom. The minimum absolute atomic E-state index is 0.0757. The lowest BCUT2D eigenvalue weighted by atomic mass is 10.1. The molecule has 1 aliphatic rings. The van der Waals surface area contributed by atoms with Gasteiger partial charge in [-0.25, -0.2) is 9.89 Å². The highest BCUT2D eigenvalue weighted by Crippen LogP contribution is 2.27. The van der Waals surface area contributed by atoms with Crippen molar-refractivity contribution >= 4 is 17.5 Å². The molecule has 0 bridgehead atoms. The minimum atomic E-state index is -0.445. The van der Waals surface area contributed by atoms with E-state index in [2.05, 4.69) is 20.5 Å². The Kier molecular flexibility index (Phi) is 5.06. The normalized spacial score (nSPS) is 17.0. The summed E-state index contributed by atoms with van der Waals surface area (Å²) in [5, 5.41) is 8.64. The Balaban J connectivity index is 1.59. The molecule has 1 unspecified atom stereocenters. The van der Waals surface area contributed by atoms with Crippen LogP contribution in [-0.2, 0) is 16.1 Å². The SMILES string of the molecule is CC(C)Oc1ccc(N2CC(C(=O)NCc3n[nH]c(=O)[nH]3)CC2=O)cc1. The maximum atomic E-state index is 12.3. The largest absolute Gasteiger partial charge is 0.491 e. The fourth-order valence-corrected chi connectivity index (χ4v) is 2.81. The summed E-state index contributed by atoms with van der Waals surface area (Å²) in [5.41, 5.74) is 0.305. The van der Waals surface area contributed by atoms with Gasteiger partial charge in [0.25, 0.3) is 0 Å². The lowest BCUT2D eigenvalue weighted by Gasteiger charge is -2.17. The Bertz CT molecular complexity index is 839. The number of amides is 2. The molecule has 3 N–H and O–H groups in total. The van der Waals surface area contributed by atoms with E-state index in [0.717, 1.165) is 11.4 Å². The molecule has 1 aromatic heterocycles. The average Bonchev–Trinajstić information content (AvgIpc) is 3.19. The van der Waals surface area contributed by atoms with Crippen molar-refractivity contribution in [2.45, 2.75) is 32.9 Å². The summed E-state index contributed by atoms with van der Waals surface area (Å²) in [6, 6.07) is 7.24. The zero-order valence-corrected chi connectivity index (χ0v) is 14.6. The third-order valence-corrected chi connectivity index (χ3v) is 4.00. The molecule has 0 radical (unpaired) electrons. The maximum absolute atomic E-state index is 12.3. The molecule has 0 spiro atoms. The van der Waals surface area contributed by atoms with Crippen LogP contribution >= 0.6 is 0 Å². The molecule has 2 aromatic rings. The Morgan fingerprint density at radius 3 is 2.69 bits per heavy atom. The van der Waals surface area contributed by atoms with E-state index in [1.54, 1.807) is 4.90 Å². The molecule has 26 heavy (non-hydrogen) atoms. The summed E-state index contributed by atoms with van der Waals surface area (Å²) < 4.78 is 5.59. The number of ether oxygens (including phenoxy) is 1. The first-order valence-electron chi connectivity index (χ1n) is 8.40. The van der Waals surface area contributed by atoms with Crippen molar-refractivity contribution in [3.8, 4) is 5.75 Å². The zero-order chi connectivity index (χ0) is 18.7. The van der Waals surface area contributed by atoms with Crippen LogP contribution in [0.25, 0.3) is 0 Å². The van der Waals surface area contributed by atoms with E-state index in [1.807, 2.05) is 38.1 Å². The molecule has 1 aromatic carbocycles. The van der Waals surface area contributed by atoms with Gasteiger partial charge < -0.3 is 15.0 Å². The van der Waals surface area contributed by atoms with Crippen LogP contribution in [0.15, 0.2) is 29.1 Å². The molecule has 1 saturated heterocycles. The second kappa shape index (κ2) is 7.42. The third-order valence-electron chi connectivity index (χ3n) is 4.00. The van der Waals surface area contributed by atoms with Gasteiger partial charge in [-0.05, 0) is 38.1 Å². The van der Waals surface area contributed by atoms with E-state index in [-0.39, 0.29) is 30.9 Å². The van der Waals surface area contributed by atoms with E-state index in [0.29, 0.717) is 12.4 Å². The van der Waals surface area contributed by atoms with Crippen LogP contribution < -0.4 is 20.6 Å². The number of hydrogen-bond acceptors (Lipinski definition) is 5. The summed E-state index contributed by atoms with van der Waals surface area (Å²) in [6.45, 7) is 4.30. The number of hydrogen-bond donors (Lipinski definition) is 3. The lowest BCUT2D eigenvalue weighted by Crippen LogP contribution is -2.33. The van der Waals surface area contributed by atoms with Gasteiger partial charge >= 0.3 is 5.69 Å². The third kappa shape index (κ3) is 4.11. The van der Waals surface area contributed by atoms with Crippen molar-refractivity contribution in [2.24, 2.45) is 5.92 Å². The quantitative estimate of drug-likeness (QED) is 0.696. The molecule has 2 amide bonds. The average molecular weight is 359 g/mol. The maximum Gasteiger partial charge on any atom is 0.340 e. The second-order valence-electron chi connectivity index (χ2n) is 6.41. The molecule has 1 atom stereocenters. The highest BCUT2D eigenvalue weighted by molar-refractivity contribution is 6.00. The first-order chi connectivity index (χ1) is 12.4. The smallest absolute Gasteiger partial charge is 0.340 e. The van der Waals surface area contributed by atoms with Crippen LogP contribution in [0, 0.1) is 5.92 Å². The predicted octanol–water partition coefficient (Wildman–Crippen LogP) is 0.555. The number of nitrogens with zero attached hydrogens (tertiary/aromatic N) is 2. The van der Waals surface area contributed by atoms with Gasteiger partial charge in [-0.2, -0.15) is 5.10 Å². The number of anilines is 1. The van der Waals surface area contributed by atoms with E-state index in [4.69, 9.17) is 4.74 Å². The van der Waals surface area contributed by atoms with Crippen LogP contribution in [0.4, 0.5) is 5.69 Å². The Hall–Kier alpha value is -3.10. The number of carbonyl (C=O) groups excluding carboxylic acids is 2. The molecule has 9 nitrogen and oxygen atoms in total. The Labute approximate surface area is 149 Å². The van der Waals surface area contributed by atoms with Gasteiger partial charge in [-0.3, -0.25) is 14.6 Å². The summed E-state index contributed by atoms with van der Waals surface area (Å²) >= 11 is 0. The van der Waals surface area contributed by atoms with Crippen LogP contribution in [0.2, 0.25) is 0 Å². The number of aromatic nitrogens is 3. The first-order valence-corrected chi connectivity index (χ1v) is 8.40. The van der Waals surface area contributed by atoms with Crippen LogP contribution in [-0.4, -0.2) is 39.6 Å². The molecule has 1 fully saturated rings. The van der Waals surface area contributed by atoms with Crippen molar-refractivity contribution in [3.05, 3.63) is 40.6 Å². The van der Waals surface area contributed by atoms with Gasteiger partial charge in [0, 0.05) is 18.7 Å². The molecule has 2 heterocycles. The van der Waals surface area contributed by atoms with Gasteiger partial charge in [0.1, 0.15) is 11.6 Å². The van der Waals surface area contributed by atoms with Crippen molar-refractivity contribution in [3.63, 3.8) is 0 Å². The van der Waals surface area contributed by atoms with Crippen molar-refractivity contribution in [1.82, 2.24) is 20.5 Å². The summed E-state index contributed by atoms with van der Waals surface area (Å²) in [7, 11) is 0. The van der Waals surface area contributed by atoms with E-state index >= 15 is 0 Å². The second-order valence-corrected chi connectivity index (χ2v) is 6.41. The van der Waals surface area contributed by atoms with Gasteiger partial charge in [0.05, 0.1) is 18.6 Å². The summed E-state index contributed by atoms with van der Waals surface area (Å²) in [6.07, 6.45) is 0.222. The van der Waals surface area contributed by atoms with Crippen molar-refractivity contribution in [2.75, 3.05) is 11.4 Å². The minimum Gasteiger partial charge on any atom is -0.491 e. The monoisotopic (exact) mass is 359 g/mol. The highest BCUT2D eigenvalue weighted by atomic mass is 16.5. The van der Waals surface area contributed by atoms with Crippen molar-refractivity contribution < 1.29 is 14.3 Å². The molecular formula is C17H21N5O4. The van der Waals surface area contributed by atoms with Crippen LogP contribution in [0.3, 0.4) is 0 Å². The van der Waals surface area contributed by atoms with Crippen LogP contribution in [0.1, 0.15) is 26.1 Å². The molecule has 138 valence electrons. The van der Waals surface area contributed by atoms with E-state index < -0.39 is 11.6 Å². The number of nitrogens with one attached hydrogen (secondary N) is 3. The Morgan fingerprint density at radius 1 is 1.35 bits per heavy atom. The molecule has 0 saturated carbocycles. The van der Waals surface area contributed by atoms with Crippen LogP contribution in [0.5, 0.6) is 5.75 Å². The molecule has 3 rings (SSSR count). The zero-order valence-electron chi connectivity index (χ0n) is 14.6. The number of H-pyrrole nitrogens is 2. The van der Waals surface area contributed by atoms with Gasteiger partial charge in [0.15, 0.2) is 0 Å². The molecular weight excluding hydrogens is 338 g/mol. The highest BCUT2D eigenvalue weighted by Gasteiger charge is 2.35. The van der Waals surface area contributed by atoms with Gasteiger partial charge in [0.2, 0.25) is 11.8 Å². The predicted molar refractivity (Wildman–Crippen MR) is 93.7 cm³/mol. The summed E-state index contributed by atoms with van der Waals surface area (Å²) in [5.74, 6) is 0.281. The number of carbonyl (C=O) groups is 2. The molecule has 1 aliphatic heterocycles. The van der Waals surface area contributed by atoms with E-state index in [9.17, 15) is 14.4 Å². The van der Waals surface area contributed by atoms with E-state index in [1.165, 1.54) is 0 Å². The van der Waals surface area contributed by atoms with Gasteiger partial charge in [-0.15, -0.1) is 0 Å². The van der Waals surface area contributed by atoms with Crippen molar-refractivity contribution in [1.29, 1.82) is 0 Å². The number of benzene rings is 1. The first kappa shape index (κ1) is 17.7. The number of rotatable bonds is 6. The fraction of sp³-hybridized carbons (Fsp3) is 0.412. The number of aromatic amines is 2. The molecule has 9 heteroatoms. The van der Waals surface area contributed by atoms with Gasteiger partial charge in [-0.1, -0.05) is 0 Å². The summed E-state index contributed by atoms with van der Waals surface area (Å²) in [4.78, 5) is 39.6.